The van der Waals surface area contributed by atoms with Crippen molar-refractivity contribution in [1.82, 2.24) is 9.80 Å². The van der Waals surface area contributed by atoms with Crippen LogP contribution < -0.4 is 0 Å². The molecule has 3 heterocycles. The van der Waals surface area contributed by atoms with Crippen molar-refractivity contribution in [2.75, 3.05) is 34.8 Å². The zero-order valence-corrected chi connectivity index (χ0v) is 38.0. The van der Waals surface area contributed by atoms with E-state index in [1.54, 1.807) is 55.4 Å². The summed E-state index contributed by atoms with van der Waals surface area (Å²) in [5, 5.41) is 46.7. The summed E-state index contributed by atoms with van der Waals surface area (Å²) in [7, 11) is 6.97. The highest BCUT2D eigenvalue weighted by molar-refractivity contribution is 5.73. The van der Waals surface area contributed by atoms with Crippen molar-refractivity contribution < 1.29 is 68.0 Å². The Morgan fingerprint density at radius 1 is 1.00 bits per heavy atom. The minimum absolute atomic E-state index is 0.0538. The first-order valence-corrected chi connectivity index (χ1v) is 21.1. The van der Waals surface area contributed by atoms with Gasteiger partial charge in [-0.3, -0.25) is 9.59 Å². The fraction of sp³-hybridized carbons (Fsp3) is 0.951. The Morgan fingerprint density at radius 2 is 1.63 bits per heavy atom. The van der Waals surface area contributed by atoms with Crippen molar-refractivity contribution in [2.45, 2.75) is 199 Å². The van der Waals surface area contributed by atoms with Crippen molar-refractivity contribution >= 4 is 11.9 Å². The van der Waals surface area contributed by atoms with Gasteiger partial charge in [-0.1, -0.05) is 27.7 Å². The van der Waals surface area contributed by atoms with Crippen LogP contribution in [0.1, 0.15) is 108 Å². The van der Waals surface area contributed by atoms with Gasteiger partial charge in [-0.25, -0.2) is 0 Å². The molecule has 18 heteroatoms. The fourth-order valence-electron chi connectivity index (χ4n) is 9.36. The molecule has 3 aliphatic rings. The molecule has 0 amide bonds. The second-order valence-electron chi connectivity index (χ2n) is 18.3. The standard InChI is InChI=1S/C41H75N3O15/c1-16-29-41(11,49)34(46)26(7)43(14)21-22(3)19-39(9,48)35(58-38-33(56-30(45)17-2)28(42(12)13)18-23(4)53-38)24(5)32(25(6)37(47)55-29)57-31-20-40(10,52-15)36(27(8)54-31)59-44(50)51/h22-29,31-36,38,46,48-49H,16-21H2,1-15H3/t22-,23-,24+,25-,26-,27+,28?,29-,31+,32+,33-,34-,35-,36+,38+,39-,40-,41-/m1/s1. The molecule has 3 aliphatic heterocycles. The predicted molar refractivity (Wildman–Crippen MR) is 214 cm³/mol. The summed E-state index contributed by atoms with van der Waals surface area (Å²) in [4.78, 5) is 47.6. The minimum Gasteiger partial charge on any atom is -0.459 e. The second-order valence-corrected chi connectivity index (χ2v) is 18.3. The van der Waals surface area contributed by atoms with Crippen molar-refractivity contribution in [3.63, 3.8) is 0 Å². The number of ether oxygens (including phenoxy) is 7. The minimum atomic E-state index is -1.86. The SMILES string of the molecule is CCC(=O)O[C@@H]1C(N(C)C)C[C@@H](C)O[C@H]1O[C@@H]1[C@@H](C)[C@H](O[C@H]2C[C@@](C)(OC)[C@@H](O[N+](=O)[O-])[C@H](C)O2)[C@@H](C)C(=O)O[C@H](CC)[C@@](C)(O)[C@H](O)[C@@H](C)N(C)C[C@H](C)C[C@@]1(C)O. The molecule has 18 nitrogen and oxygen atoms in total. The van der Waals surface area contributed by atoms with E-state index in [2.05, 4.69) is 0 Å². The second kappa shape index (κ2) is 20.7. The zero-order valence-electron chi connectivity index (χ0n) is 38.0. The molecule has 344 valence electrons. The van der Waals surface area contributed by atoms with Crippen LogP contribution in [0.25, 0.3) is 0 Å². The molecule has 18 atom stereocenters. The lowest BCUT2D eigenvalue weighted by Gasteiger charge is -2.49. The summed E-state index contributed by atoms with van der Waals surface area (Å²) in [6.07, 6.45) is -9.36. The number of cyclic esters (lactones) is 1. The number of aliphatic hydroxyl groups excluding tert-OH is 1. The van der Waals surface area contributed by atoms with E-state index in [1.165, 1.54) is 14.0 Å². The molecule has 0 bridgehead atoms. The van der Waals surface area contributed by atoms with Crippen LogP contribution in [-0.2, 0) is 47.6 Å². The summed E-state index contributed by atoms with van der Waals surface area (Å²) in [5.41, 5.74) is -4.79. The number of hydrogen-bond acceptors (Lipinski definition) is 17. The molecular formula is C41H75N3O15. The summed E-state index contributed by atoms with van der Waals surface area (Å²) in [6.45, 7) is 19.1. The number of nitrogens with zero attached hydrogens (tertiary/aromatic N) is 3. The summed E-state index contributed by atoms with van der Waals surface area (Å²) >= 11 is 0. The Morgan fingerprint density at radius 3 is 2.17 bits per heavy atom. The average Bonchev–Trinajstić information content (AvgIpc) is 3.14. The molecule has 59 heavy (non-hydrogen) atoms. The van der Waals surface area contributed by atoms with E-state index in [1.807, 2.05) is 44.8 Å². The first-order valence-electron chi connectivity index (χ1n) is 21.1. The molecule has 0 aromatic carbocycles. The summed E-state index contributed by atoms with van der Waals surface area (Å²) in [6, 6.07) is -0.896. The number of esters is 2. The molecule has 0 aliphatic carbocycles. The normalized spacial score (nSPS) is 44.9. The van der Waals surface area contributed by atoms with Crippen LogP contribution in [0, 0.1) is 27.9 Å². The van der Waals surface area contributed by atoms with Gasteiger partial charge < -0.3 is 63.1 Å². The molecule has 3 rings (SSSR count). The molecule has 3 saturated heterocycles. The molecule has 0 spiro atoms. The van der Waals surface area contributed by atoms with E-state index in [-0.39, 0.29) is 43.7 Å². The van der Waals surface area contributed by atoms with Crippen molar-refractivity contribution in [3.8, 4) is 0 Å². The maximum Gasteiger partial charge on any atom is 0.311 e. The van der Waals surface area contributed by atoms with E-state index in [0.29, 0.717) is 13.0 Å². The van der Waals surface area contributed by atoms with E-state index >= 15 is 0 Å². The van der Waals surface area contributed by atoms with Crippen LogP contribution in [0.4, 0.5) is 0 Å². The molecule has 0 radical (unpaired) electrons. The van der Waals surface area contributed by atoms with E-state index in [0.717, 1.165) is 0 Å². The number of rotatable bonds is 11. The molecule has 1 unspecified atom stereocenters. The summed E-state index contributed by atoms with van der Waals surface area (Å²) in [5.74, 6) is -3.42. The average molecular weight is 850 g/mol. The zero-order chi connectivity index (χ0) is 44.9. The van der Waals surface area contributed by atoms with Gasteiger partial charge in [0.05, 0.1) is 47.6 Å². The first kappa shape index (κ1) is 51.1. The largest absolute Gasteiger partial charge is 0.459 e. The Balaban J connectivity index is 2.24. The molecular weight excluding hydrogens is 774 g/mol. The molecule has 0 saturated carbocycles. The van der Waals surface area contributed by atoms with Crippen LogP contribution in [0.15, 0.2) is 0 Å². The van der Waals surface area contributed by atoms with Crippen LogP contribution in [0.3, 0.4) is 0 Å². The smallest absolute Gasteiger partial charge is 0.311 e. The molecule has 0 aromatic heterocycles. The van der Waals surface area contributed by atoms with Gasteiger partial charge in [-0.15, -0.1) is 10.1 Å². The fourth-order valence-corrected chi connectivity index (χ4v) is 9.36. The van der Waals surface area contributed by atoms with E-state index in [4.69, 9.17) is 38.0 Å². The lowest BCUT2D eigenvalue weighted by atomic mass is 9.77. The monoisotopic (exact) mass is 850 g/mol. The van der Waals surface area contributed by atoms with Gasteiger partial charge in [0.25, 0.3) is 5.09 Å². The van der Waals surface area contributed by atoms with E-state index in [9.17, 15) is 35.0 Å². The lowest BCUT2D eigenvalue weighted by Crippen LogP contribution is -2.61. The van der Waals surface area contributed by atoms with Gasteiger partial charge in [0.1, 0.15) is 17.8 Å². The third kappa shape index (κ3) is 12.2. The van der Waals surface area contributed by atoms with E-state index < -0.39 is 107 Å². The maximum absolute atomic E-state index is 14.4. The number of methoxy groups -OCH3 is 1. The number of carbonyl (C=O) groups is 2. The maximum atomic E-state index is 14.4. The molecule has 3 fully saturated rings. The Bertz CT molecular complexity index is 1390. The lowest BCUT2D eigenvalue weighted by molar-refractivity contribution is -0.776. The van der Waals surface area contributed by atoms with Gasteiger partial charge in [0.15, 0.2) is 24.8 Å². The third-order valence-corrected chi connectivity index (χ3v) is 12.9. The predicted octanol–water partition coefficient (Wildman–Crippen LogP) is 3.08. The highest BCUT2D eigenvalue weighted by atomic mass is 17.0. The molecule has 3 N–H and O–H groups in total. The Labute approximate surface area is 350 Å². The van der Waals surface area contributed by atoms with Gasteiger partial charge in [0, 0.05) is 38.5 Å². The quantitative estimate of drug-likeness (QED) is 0.155. The number of likely N-dealkylation sites (N-methyl/N-ethyl adjacent to an activating group) is 2. The summed E-state index contributed by atoms with van der Waals surface area (Å²) < 4.78 is 44.1. The Kier molecular flexibility index (Phi) is 18.0. The van der Waals surface area contributed by atoms with Crippen LogP contribution in [0.5, 0.6) is 0 Å². The Hall–Kier alpha value is -2.26. The molecule has 0 aromatic rings. The van der Waals surface area contributed by atoms with Gasteiger partial charge in [0.2, 0.25) is 0 Å². The number of carbonyl (C=O) groups excluding carboxylic acids is 2. The van der Waals surface area contributed by atoms with Crippen LogP contribution in [-0.4, -0.2) is 167 Å². The third-order valence-electron chi connectivity index (χ3n) is 12.9. The van der Waals surface area contributed by atoms with Gasteiger partial charge >= 0.3 is 11.9 Å². The number of aliphatic hydroxyl groups is 3. The topological polar surface area (TPSA) is 218 Å². The van der Waals surface area contributed by atoms with Gasteiger partial charge in [-0.05, 0) is 94.8 Å². The van der Waals surface area contributed by atoms with Gasteiger partial charge in [-0.2, -0.15) is 0 Å². The van der Waals surface area contributed by atoms with Crippen LogP contribution >= 0.6 is 0 Å². The van der Waals surface area contributed by atoms with Crippen LogP contribution in [0.2, 0.25) is 0 Å². The van der Waals surface area contributed by atoms with Crippen molar-refractivity contribution in [1.29, 1.82) is 0 Å². The highest BCUT2D eigenvalue weighted by Gasteiger charge is 2.54. The highest BCUT2D eigenvalue weighted by Crippen LogP contribution is 2.41. The van der Waals surface area contributed by atoms with Crippen molar-refractivity contribution in [2.24, 2.45) is 17.8 Å². The first-order chi connectivity index (χ1) is 27.2. The number of hydrogen-bond donors (Lipinski definition) is 3. The van der Waals surface area contributed by atoms with Crippen molar-refractivity contribution in [3.05, 3.63) is 10.1 Å².